The van der Waals surface area contributed by atoms with Crippen LogP contribution in [0.15, 0.2) is 71.7 Å². The summed E-state index contributed by atoms with van der Waals surface area (Å²) >= 11 is 0. The highest BCUT2D eigenvalue weighted by atomic mass is 14.6. The number of benzene rings is 2. The number of hydrogen-bond donors (Lipinski definition) is 0. The van der Waals surface area contributed by atoms with Crippen molar-refractivity contribution in [2.75, 3.05) is 7.05 Å². The molecular formula is C16H15N. The predicted molar refractivity (Wildman–Crippen MR) is 74.4 cm³/mol. The smallest absolute Gasteiger partial charge is 0.0277 e. The van der Waals surface area contributed by atoms with Crippen LogP contribution in [0, 0.1) is 0 Å². The first kappa shape index (κ1) is 11.3. The summed E-state index contributed by atoms with van der Waals surface area (Å²) in [7, 11) is 1.78. The van der Waals surface area contributed by atoms with Gasteiger partial charge < -0.3 is 0 Å². The highest BCUT2D eigenvalue weighted by Crippen LogP contribution is 2.22. The van der Waals surface area contributed by atoms with Crippen LogP contribution in [0.25, 0.3) is 5.57 Å². The molecule has 0 unspecified atom stereocenters. The largest absolute Gasteiger partial charge is 0.296 e. The van der Waals surface area contributed by atoms with E-state index < -0.39 is 0 Å². The fraction of sp³-hybridized carbons (Fsp3) is 0.0625. The average molecular weight is 221 g/mol. The minimum Gasteiger partial charge on any atom is -0.296 e. The molecule has 0 N–H and O–H groups in total. The van der Waals surface area contributed by atoms with Gasteiger partial charge in [0.15, 0.2) is 0 Å². The van der Waals surface area contributed by atoms with Gasteiger partial charge in [0.1, 0.15) is 0 Å². The third-order valence-electron chi connectivity index (χ3n) is 2.56. The molecule has 2 aromatic carbocycles. The van der Waals surface area contributed by atoms with Crippen LogP contribution in [0.2, 0.25) is 0 Å². The molecule has 0 radical (unpaired) electrons. The van der Waals surface area contributed by atoms with Crippen molar-refractivity contribution in [3.8, 4) is 0 Å². The van der Waals surface area contributed by atoms with Gasteiger partial charge in [0, 0.05) is 13.3 Å². The standard InChI is InChI=1S/C16H15N/c1-17-13-12-16(14-8-4-2-5-9-14)15-10-6-3-7-11-15/h2-13H,1H3. The summed E-state index contributed by atoms with van der Waals surface area (Å²) in [5.74, 6) is 0. The molecule has 0 saturated carbocycles. The van der Waals surface area contributed by atoms with Crippen molar-refractivity contribution in [1.29, 1.82) is 0 Å². The van der Waals surface area contributed by atoms with Crippen molar-refractivity contribution in [2.24, 2.45) is 4.99 Å². The molecule has 2 rings (SSSR count). The zero-order valence-electron chi connectivity index (χ0n) is 9.88. The van der Waals surface area contributed by atoms with Gasteiger partial charge in [-0.1, -0.05) is 60.7 Å². The number of allylic oxidation sites excluding steroid dienone is 1. The average Bonchev–Trinajstić information content (AvgIpc) is 2.42. The Morgan fingerprint density at radius 1 is 0.824 bits per heavy atom. The molecule has 17 heavy (non-hydrogen) atoms. The van der Waals surface area contributed by atoms with Gasteiger partial charge in [0.25, 0.3) is 0 Å². The Morgan fingerprint density at radius 3 is 1.71 bits per heavy atom. The van der Waals surface area contributed by atoms with Crippen molar-refractivity contribution < 1.29 is 0 Å². The van der Waals surface area contributed by atoms with Gasteiger partial charge in [-0.25, -0.2) is 0 Å². The van der Waals surface area contributed by atoms with Gasteiger partial charge in [-0.3, -0.25) is 4.99 Å². The summed E-state index contributed by atoms with van der Waals surface area (Å²) in [5, 5.41) is 0. The van der Waals surface area contributed by atoms with Crippen molar-refractivity contribution in [2.45, 2.75) is 0 Å². The second-order valence-electron chi connectivity index (χ2n) is 3.72. The lowest BCUT2D eigenvalue weighted by Gasteiger charge is -2.07. The second kappa shape index (κ2) is 5.80. The molecule has 0 heterocycles. The van der Waals surface area contributed by atoms with E-state index in [0.29, 0.717) is 0 Å². The molecule has 0 saturated heterocycles. The Kier molecular flexibility index (Phi) is 3.87. The van der Waals surface area contributed by atoms with E-state index in [1.807, 2.05) is 24.4 Å². The summed E-state index contributed by atoms with van der Waals surface area (Å²) in [6, 6.07) is 20.7. The predicted octanol–water partition coefficient (Wildman–Crippen LogP) is 3.82. The van der Waals surface area contributed by atoms with Crippen LogP contribution >= 0.6 is 0 Å². The SMILES string of the molecule is CN=CC=C(c1ccccc1)c1ccccc1. The molecule has 0 fully saturated rings. The fourth-order valence-corrected chi connectivity index (χ4v) is 1.74. The van der Waals surface area contributed by atoms with E-state index in [9.17, 15) is 0 Å². The summed E-state index contributed by atoms with van der Waals surface area (Å²) in [6.07, 6.45) is 3.88. The molecular weight excluding hydrogens is 206 g/mol. The van der Waals surface area contributed by atoms with E-state index in [1.54, 1.807) is 7.05 Å². The Bertz CT molecular complexity index is 468. The lowest BCUT2D eigenvalue weighted by molar-refractivity contribution is 1.47. The zero-order chi connectivity index (χ0) is 11.9. The van der Waals surface area contributed by atoms with Crippen molar-refractivity contribution >= 4 is 11.8 Å². The van der Waals surface area contributed by atoms with Gasteiger partial charge in [-0.05, 0) is 22.8 Å². The minimum absolute atomic E-state index is 1.19. The highest BCUT2D eigenvalue weighted by Gasteiger charge is 2.02. The molecule has 0 atom stereocenters. The van der Waals surface area contributed by atoms with E-state index >= 15 is 0 Å². The molecule has 84 valence electrons. The van der Waals surface area contributed by atoms with E-state index in [2.05, 4.69) is 53.5 Å². The van der Waals surface area contributed by atoms with E-state index in [0.717, 1.165) is 0 Å². The Labute approximate surface area is 102 Å². The first-order valence-electron chi connectivity index (χ1n) is 5.65. The van der Waals surface area contributed by atoms with Gasteiger partial charge in [-0.2, -0.15) is 0 Å². The maximum Gasteiger partial charge on any atom is 0.0277 e. The maximum absolute atomic E-state index is 4.03. The molecule has 0 spiro atoms. The maximum atomic E-state index is 4.03. The topological polar surface area (TPSA) is 12.4 Å². The summed E-state index contributed by atoms with van der Waals surface area (Å²) in [5.41, 5.74) is 3.61. The third kappa shape index (κ3) is 2.91. The number of aliphatic imine (C=N–C) groups is 1. The van der Waals surface area contributed by atoms with E-state index in [-0.39, 0.29) is 0 Å². The van der Waals surface area contributed by atoms with Crippen LogP contribution in [0.5, 0.6) is 0 Å². The number of rotatable bonds is 3. The Balaban J connectivity index is 2.47. The van der Waals surface area contributed by atoms with Crippen molar-refractivity contribution in [3.63, 3.8) is 0 Å². The fourth-order valence-electron chi connectivity index (χ4n) is 1.74. The first-order chi connectivity index (χ1) is 8.42. The summed E-state index contributed by atoms with van der Waals surface area (Å²) in [6.45, 7) is 0. The molecule has 1 heteroatoms. The molecule has 1 nitrogen and oxygen atoms in total. The second-order valence-corrected chi connectivity index (χ2v) is 3.72. The van der Waals surface area contributed by atoms with Crippen LogP contribution in [0.3, 0.4) is 0 Å². The van der Waals surface area contributed by atoms with Crippen LogP contribution in [0.4, 0.5) is 0 Å². The van der Waals surface area contributed by atoms with Crippen molar-refractivity contribution in [3.05, 3.63) is 77.9 Å². The van der Waals surface area contributed by atoms with Crippen LogP contribution in [-0.4, -0.2) is 13.3 Å². The molecule has 0 aliphatic carbocycles. The Morgan fingerprint density at radius 2 is 1.29 bits per heavy atom. The number of hydrogen-bond acceptors (Lipinski definition) is 1. The first-order valence-corrected chi connectivity index (χ1v) is 5.65. The van der Waals surface area contributed by atoms with Crippen LogP contribution in [-0.2, 0) is 0 Å². The van der Waals surface area contributed by atoms with Gasteiger partial charge in [0.2, 0.25) is 0 Å². The highest BCUT2D eigenvalue weighted by molar-refractivity contribution is 5.91. The van der Waals surface area contributed by atoms with Gasteiger partial charge >= 0.3 is 0 Å². The molecule has 0 bridgehead atoms. The van der Waals surface area contributed by atoms with Gasteiger partial charge in [0.05, 0.1) is 0 Å². The van der Waals surface area contributed by atoms with E-state index in [1.165, 1.54) is 16.7 Å². The summed E-state index contributed by atoms with van der Waals surface area (Å²) in [4.78, 5) is 4.03. The lowest BCUT2D eigenvalue weighted by Crippen LogP contribution is -1.87. The Hall–Kier alpha value is -2.15. The van der Waals surface area contributed by atoms with Crippen molar-refractivity contribution in [1.82, 2.24) is 0 Å². The molecule has 0 aromatic heterocycles. The van der Waals surface area contributed by atoms with Crippen LogP contribution < -0.4 is 0 Å². The van der Waals surface area contributed by atoms with Gasteiger partial charge in [-0.15, -0.1) is 0 Å². The van der Waals surface area contributed by atoms with Crippen LogP contribution in [0.1, 0.15) is 11.1 Å². The third-order valence-corrected chi connectivity index (χ3v) is 2.56. The quantitative estimate of drug-likeness (QED) is 0.699. The normalized spacial score (nSPS) is 10.4. The zero-order valence-corrected chi connectivity index (χ0v) is 9.88. The van der Waals surface area contributed by atoms with E-state index in [4.69, 9.17) is 0 Å². The molecule has 2 aromatic rings. The molecule has 0 aliphatic heterocycles. The minimum atomic E-state index is 1.19. The number of nitrogens with zero attached hydrogens (tertiary/aromatic N) is 1. The molecule has 0 aliphatic rings. The monoisotopic (exact) mass is 221 g/mol. The summed E-state index contributed by atoms with van der Waals surface area (Å²) < 4.78 is 0. The lowest BCUT2D eigenvalue weighted by atomic mass is 9.98. The molecule has 0 amide bonds.